The summed E-state index contributed by atoms with van der Waals surface area (Å²) in [5.41, 5.74) is 3.12. The molecular weight excluding hydrogens is 413 g/mol. The summed E-state index contributed by atoms with van der Waals surface area (Å²) in [6.45, 7) is 9.63. The van der Waals surface area contributed by atoms with Crippen LogP contribution in [0.15, 0.2) is 48.7 Å². The maximum atomic E-state index is 13.4. The third-order valence-electron chi connectivity index (χ3n) is 6.34. The van der Waals surface area contributed by atoms with Gasteiger partial charge < -0.3 is 15.5 Å². The van der Waals surface area contributed by atoms with Gasteiger partial charge in [-0.05, 0) is 69.2 Å². The van der Waals surface area contributed by atoms with Crippen LogP contribution in [-0.2, 0) is 6.18 Å². The predicted molar refractivity (Wildman–Crippen MR) is 124 cm³/mol. The molecular formula is C25H29F3N4. The fourth-order valence-corrected chi connectivity index (χ4v) is 4.56. The Kier molecular flexibility index (Phi) is 6.03. The van der Waals surface area contributed by atoms with Crippen molar-refractivity contribution < 1.29 is 13.2 Å². The Labute approximate surface area is 186 Å². The molecule has 7 heteroatoms. The highest BCUT2D eigenvalue weighted by atomic mass is 19.4. The van der Waals surface area contributed by atoms with E-state index < -0.39 is 11.7 Å². The molecule has 1 saturated heterocycles. The van der Waals surface area contributed by atoms with Crippen LogP contribution in [0.2, 0.25) is 0 Å². The van der Waals surface area contributed by atoms with Gasteiger partial charge >= 0.3 is 6.18 Å². The molecule has 0 aliphatic carbocycles. The summed E-state index contributed by atoms with van der Waals surface area (Å²) < 4.78 is 40.1. The van der Waals surface area contributed by atoms with Gasteiger partial charge in [-0.2, -0.15) is 13.2 Å². The van der Waals surface area contributed by atoms with Crippen LogP contribution in [-0.4, -0.2) is 30.2 Å². The molecule has 1 fully saturated rings. The van der Waals surface area contributed by atoms with Gasteiger partial charge in [0.15, 0.2) is 0 Å². The highest BCUT2D eigenvalue weighted by Crippen LogP contribution is 2.36. The molecule has 32 heavy (non-hydrogen) atoms. The molecule has 3 aromatic rings. The van der Waals surface area contributed by atoms with Gasteiger partial charge in [-0.3, -0.25) is 4.98 Å². The summed E-state index contributed by atoms with van der Waals surface area (Å²) in [7, 11) is 0. The quantitative estimate of drug-likeness (QED) is 0.526. The van der Waals surface area contributed by atoms with E-state index in [4.69, 9.17) is 0 Å². The van der Waals surface area contributed by atoms with Crippen LogP contribution < -0.4 is 15.5 Å². The lowest BCUT2D eigenvalue weighted by Gasteiger charge is -2.39. The zero-order valence-electron chi connectivity index (χ0n) is 18.8. The van der Waals surface area contributed by atoms with Crippen molar-refractivity contribution in [3.8, 4) is 0 Å². The molecule has 0 saturated carbocycles. The van der Waals surface area contributed by atoms with Crippen LogP contribution in [0, 0.1) is 6.92 Å². The molecule has 4 nitrogen and oxygen atoms in total. The summed E-state index contributed by atoms with van der Waals surface area (Å²) >= 11 is 0. The van der Waals surface area contributed by atoms with Gasteiger partial charge in [-0.25, -0.2) is 0 Å². The molecule has 0 unspecified atom stereocenters. The van der Waals surface area contributed by atoms with E-state index in [1.807, 2.05) is 19.1 Å². The Morgan fingerprint density at radius 2 is 1.94 bits per heavy atom. The number of halogens is 3. The van der Waals surface area contributed by atoms with Crippen LogP contribution >= 0.6 is 0 Å². The molecule has 2 heterocycles. The van der Waals surface area contributed by atoms with Gasteiger partial charge in [-0.15, -0.1) is 0 Å². The number of fused-ring (bicyclic) bond motifs is 1. The Morgan fingerprint density at radius 3 is 2.69 bits per heavy atom. The number of hydrogen-bond acceptors (Lipinski definition) is 4. The number of benzene rings is 2. The Bertz CT molecular complexity index is 1110. The van der Waals surface area contributed by atoms with Gasteiger partial charge in [0.25, 0.3) is 0 Å². The van der Waals surface area contributed by atoms with Crippen molar-refractivity contribution in [1.82, 2.24) is 10.3 Å². The van der Waals surface area contributed by atoms with E-state index in [-0.39, 0.29) is 11.6 Å². The fourth-order valence-electron chi connectivity index (χ4n) is 4.56. The minimum atomic E-state index is -4.37. The van der Waals surface area contributed by atoms with Crippen LogP contribution in [0.1, 0.15) is 43.5 Å². The lowest BCUT2D eigenvalue weighted by molar-refractivity contribution is -0.138. The van der Waals surface area contributed by atoms with E-state index in [1.54, 1.807) is 12.3 Å². The van der Waals surface area contributed by atoms with E-state index in [1.165, 1.54) is 13.0 Å². The first-order chi connectivity index (χ1) is 15.1. The largest absolute Gasteiger partial charge is 0.416 e. The molecule has 2 aromatic carbocycles. The minimum Gasteiger partial charge on any atom is -0.378 e. The maximum absolute atomic E-state index is 13.4. The number of alkyl halides is 3. The molecule has 3 atom stereocenters. The topological polar surface area (TPSA) is 40.2 Å². The number of pyridine rings is 1. The standard InChI is InChI=1S/C25H29F3N4/c1-15-14-32(16(2)13-30-15)19-8-9-23-21(12-19)24(10-11-29-23)31-18(4)20-6-5-7-22(17(20)3)25(26,27)28/h5-12,15-16,18,30H,13-14H2,1-4H3,(H,29,31)/t15-,16+,18+/m0/s1. The average Bonchev–Trinajstić information content (AvgIpc) is 2.74. The first-order valence-corrected chi connectivity index (χ1v) is 11.0. The van der Waals surface area contributed by atoms with Crippen LogP contribution in [0.3, 0.4) is 0 Å². The summed E-state index contributed by atoms with van der Waals surface area (Å²) in [5.74, 6) is 0. The van der Waals surface area contributed by atoms with Crippen LogP contribution in [0.25, 0.3) is 10.9 Å². The van der Waals surface area contributed by atoms with E-state index in [0.29, 0.717) is 17.6 Å². The number of rotatable bonds is 4. The van der Waals surface area contributed by atoms with E-state index in [2.05, 4.69) is 46.5 Å². The van der Waals surface area contributed by atoms with Gasteiger partial charge in [0.2, 0.25) is 0 Å². The van der Waals surface area contributed by atoms with Crippen molar-refractivity contribution in [3.63, 3.8) is 0 Å². The van der Waals surface area contributed by atoms with Crippen molar-refractivity contribution in [2.24, 2.45) is 0 Å². The Hall–Kier alpha value is -2.80. The lowest BCUT2D eigenvalue weighted by Crippen LogP contribution is -2.54. The molecule has 170 valence electrons. The molecule has 0 bridgehead atoms. The second-order valence-electron chi connectivity index (χ2n) is 8.75. The fraction of sp³-hybridized carbons (Fsp3) is 0.400. The average molecular weight is 443 g/mol. The van der Waals surface area contributed by atoms with Crippen molar-refractivity contribution in [3.05, 3.63) is 65.4 Å². The minimum absolute atomic E-state index is 0.252. The number of nitrogens with one attached hydrogen (secondary N) is 2. The highest BCUT2D eigenvalue weighted by molar-refractivity contribution is 5.93. The molecule has 0 radical (unpaired) electrons. The first kappa shape index (κ1) is 22.4. The smallest absolute Gasteiger partial charge is 0.378 e. The first-order valence-electron chi connectivity index (χ1n) is 11.0. The summed E-state index contributed by atoms with van der Waals surface area (Å²) in [5, 5.41) is 7.89. The van der Waals surface area contributed by atoms with Crippen LogP contribution in [0.5, 0.6) is 0 Å². The SMILES string of the molecule is Cc1c([C@@H](C)Nc2ccnc3ccc(N4C[C@H](C)NC[C@H]4C)cc23)cccc1C(F)(F)F. The zero-order valence-corrected chi connectivity index (χ0v) is 18.8. The van der Waals surface area contributed by atoms with Crippen molar-refractivity contribution >= 4 is 22.3 Å². The Balaban J connectivity index is 1.68. The molecule has 0 amide bonds. The highest BCUT2D eigenvalue weighted by Gasteiger charge is 2.33. The second kappa shape index (κ2) is 8.62. The predicted octanol–water partition coefficient (Wildman–Crippen LogP) is 5.92. The second-order valence-corrected chi connectivity index (χ2v) is 8.75. The van der Waals surface area contributed by atoms with Crippen LogP contribution in [0.4, 0.5) is 24.5 Å². The number of piperazine rings is 1. The molecule has 1 aliphatic rings. The van der Waals surface area contributed by atoms with Gasteiger partial charge in [0.1, 0.15) is 0 Å². The summed E-state index contributed by atoms with van der Waals surface area (Å²) in [6.07, 6.45) is -2.64. The van der Waals surface area contributed by atoms with E-state index in [9.17, 15) is 13.2 Å². The maximum Gasteiger partial charge on any atom is 0.416 e. The third-order valence-corrected chi connectivity index (χ3v) is 6.34. The van der Waals surface area contributed by atoms with Crippen molar-refractivity contribution in [2.45, 2.75) is 52.0 Å². The third kappa shape index (κ3) is 4.39. The summed E-state index contributed by atoms with van der Waals surface area (Å²) in [4.78, 5) is 6.87. The molecule has 0 spiro atoms. The molecule has 1 aromatic heterocycles. The van der Waals surface area contributed by atoms with Gasteiger partial charge in [0.05, 0.1) is 11.1 Å². The normalized spacial score (nSPS) is 20.4. The van der Waals surface area contributed by atoms with Gasteiger partial charge in [0, 0.05) is 54.2 Å². The van der Waals surface area contributed by atoms with Crippen molar-refractivity contribution in [1.29, 1.82) is 0 Å². The van der Waals surface area contributed by atoms with Crippen molar-refractivity contribution in [2.75, 3.05) is 23.3 Å². The number of nitrogens with zero attached hydrogens (tertiary/aromatic N) is 2. The number of anilines is 2. The monoisotopic (exact) mass is 442 g/mol. The number of hydrogen-bond donors (Lipinski definition) is 2. The Morgan fingerprint density at radius 1 is 1.16 bits per heavy atom. The molecule has 1 aliphatic heterocycles. The number of aromatic nitrogens is 1. The van der Waals surface area contributed by atoms with Gasteiger partial charge in [-0.1, -0.05) is 12.1 Å². The zero-order chi connectivity index (χ0) is 23.0. The lowest BCUT2D eigenvalue weighted by atomic mass is 9.97. The molecule has 2 N–H and O–H groups in total. The molecule has 4 rings (SSSR count). The van der Waals surface area contributed by atoms with E-state index in [0.717, 1.165) is 41.4 Å². The van der Waals surface area contributed by atoms with E-state index >= 15 is 0 Å². The summed E-state index contributed by atoms with van der Waals surface area (Å²) in [6, 6.07) is 12.9.